The van der Waals surface area contributed by atoms with Gasteiger partial charge in [0.2, 0.25) is 53.2 Å². The molecule has 422 valence electrons. The molecule has 0 bridgehead atoms. The molecule has 1 fully saturated rings. The van der Waals surface area contributed by atoms with Gasteiger partial charge in [0.1, 0.15) is 42.3 Å². The van der Waals surface area contributed by atoms with E-state index in [0.29, 0.717) is 36.1 Å². The number of primary amides is 1. The Hall–Kier alpha value is -8.31. The van der Waals surface area contributed by atoms with Crippen molar-refractivity contribution in [3.63, 3.8) is 0 Å². The first-order valence-electron chi connectivity index (χ1n) is 26.3. The normalized spacial score (nSPS) is 21.4. The van der Waals surface area contributed by atoms with Crippen LogP contribution in [0.5, 0.6) is 0 Å². The summed E-state index contributed by atoms with van der Waals surface area (Å²) in [6.45, 7) is 3.29. The van der Waals surface area contributed by atoms with Crippen LogP contribution in [0, 0.1) is 0 Å². The van der Waals surface area contributed by atoms with Crippen LogP contribution in [-0.2, 0) is 62.4 Å². The minimum Gasteiger partial charge on any atom is -0.370 e. The van der Waals surface area contributed by atoms with Crippen LogP contribution in [0.4, 0.5) is 0 Å². The van der Waals surface area contributed by atoms with Gasteiger partial charge in [0.05, 0.1) is 12.7 Å². The number of hydrogen-bond acceptors (Lipinski definition) is 11. The van der Waals surface area contributed by atoms with E-state index in [4.69, 9.17) is 17.2 Å². The van der Waals surface area contributed by atoms with E-state index in [1.54, 1.807) is 36.5 Å². The van der Waals surface area contributed by atoms with Gasteiger partial charge in [-0.05, 0) is 55.7 Å². The van der Waals surface area contributed by atoms with Gasteiger partial charge in [0, 0.05) is 96.5 Å². The van der Waals surface area contributed by atoms with Crippen molar-refractivity contribution < 1.29 is 43.2 Å². The summed E-state index contributed by atoms with van der Waals surface area (Å²) in [4.78, 5) is 148. The van der Waals surface area contributed by atoms with Crippen LogP contribution < -0.4 is 38.5 Å². The number of para-hydroxylation sites is 1. The Morgan fingerprint density at radius 1 is 0.782 bits per heavy atom. The molecular weight excluding hydrogens is 1000 g/mol. The van der Waals surface area contributed by atoms with Crippen molar-refractivity contribution in [2.24, 2.45) is 22.2 Å². The van der Waals surface area contributed by atoms with Crippen molar-refractivity contribution >= 4 is 70.0 Å². The van der Waals surface area contributed by atoms with E-state index in [-0.39, 0.29) is 70.4 Å². The highest BCUT2D eigenvalue weighted by Gasteiger charge is 2.42. The van der Waals surface area contributed by atoms with Crippen LogP contribution in [0.25, 0.3) is 10.9 Å². The van der Waals surface area contributed by atoms with E-state index in [0.717, 1.165) is 10.9 Å². The molecule has 0 radical (unpaired) electrons. The van der Waals surface area contributed by atoms with Crippen LogP contribution >= 0.6 is 0 Å². The van der Waals surface area contributed by atoms with Crippen molar-refractivity contribution in [1.82, 2.24) is 55.8 Å². The number of likely N-dealkylation sites (N-methyl/N-ethyl adjacent to an activating group) is 4. The van der Waals surface area contributed by atoms with Gasteiger partial charge in [-0.3, -0.25) is 48.1 Å². The topological polar surface area (TPSA) is 350 Å². The molecule has 7 atom stereocenters. The molecule has 24 heteroatoms. The maximum Gasteiger partial charge on any atom is 0.246 e. The fourth-order valence-corrected chi connectivity index (χ4v) is 9.63. The van der Waals surface area contributed by atoms with E-state index in [9.17, 15) is 24.0 Å². The summed E-state index contributed by atoms with van der Waals surface area (Å²) in [6.07, 6.45) is 6.04. The molecule has 0 unspecified atom stereocenters. The monoisotopic (exact) mass is 1080 g/mol. The van der Waals surface area contributed by atoms with Crippen LogP contribution in [0.15, 0.2) is 78.3 Å². The lowest BCUT2D eigenvalue weighted by atomic mass is 9.98. The highest BCUT2D eigenvalue weighted by molar-refractivity contribution is 5.99. The SMILES string of the molecule is CCCC[C@H](NC(C)=O)C(=O)N[C@H]1CC(=O)NCCCC[C@@H](C(N)=O)N(C)C(=O)[C@H](Cc2c[nH]c3ccccc23)N(C)C(=O)[C@H](CCCN=C(N)N)N(C)C(=O)[C@@H](Cc2ccccc2)N(C)C(=O)[C@H](Cc2cnc[nH]2)NC1=O. The molecule has 4 aromatic rings. The molecular formula is C54H77N15O9. The third-order valence-corrected chi connectivity index (χ3v) is 14.1. The molecule has 1 aliphatic rings. The smallest absolute Gasteiger partial charge is 0.246 e. The molecule has 5 rings (SSSR count). The van der Waals surface area contributed by atoms with Crippen LogP contribution in [0.3, 0.4) is 0 Å². The van der Waals surface area contributed by atoms with Crippen molar-refractivity contribution in [1.29, 1.82) is 0 Å². The first-order valence-corrected chi connectivity index (χ1v) is 26.3. The van der Waals surface area contributed by atoms with Crippen LogP contribution in [-0.4, -0.2) is 177 Å². The molecule has 3 heterocycles. The number of imidazole rings is 1. The summed E-state index contributed by atoms with van der Waals surface area (Å²) in [5, 5.41) is 11.6. The Bertz CT molecular complexity index is 2730. The fraction of sp³-hybridized carbons (Fsp3) is 0.500. The maximum absolute atomic E-state index is 15.5. The summed E-state index contributed by atoms with van der Waals surface area (Å²) in [7, 11) is 5.72. The Labute approximate surface area is 454 Å². The number of unbranched alkanes of at least 4 members (excludes halogenated alkanes) is 1. The van der Waals surface area contributed by atoms with E-state index in [1.165, 1.54) is 67.2 Å². The second-order valence-electron chi connectivity index (χ2n) is 19.8. The highest BCUT2D eigenvalue weighted by atomic mass is 16.2. The van der Waals surface area contributed by atoms with Gasteiger partial charge in [-0.15, -0.1) is 0 Å². The van der Waals surface area contributed by atoms with Gasteiger partial charge in [0.25, 0.3) is 0 Å². The Morgan fingerprint density at radius 3 is 2.10 bits per heavy atom. The number of nitrogens with two attached hydrogens (primary N) is 3. The number of aromatic nitrogens is 3. The zero-order valence-corrected chi connectivity index (χ0v) is 45.5. The number of amides is 9. The van der Waals surface area contributed by atoms with E-state index < -0.39 is 102 Å². The molecule has 78 heavy (non-hydrogen) atoms. The first-order chi connectivity index (χ1) is 37.2. The molecule has 12 N–H and O–H groups in total. The summed E-state index contributed by atoms with van der Waals surface area (Å²) < 4.78 is 0. The largest absolute Gasteiger partial charge is 0.370 e. The second-order valence-corrected chi connectivity index (χ2v) is 19.8. The van der Waals surface area contributed by atoms with Crippen molar-refractivity contribution in [2.75, 3.05) is 41.3 Å². The average Bonchev–Trinajstić information content (AvgIpc) is 4.11. The number of aromatic amines is 2. The highest BCUT2D eigenvalue weighted by Crippen LogP contribution is 2.25. The van der Waals surface area contributed by atoms with Gasteiger partial charge in [-0.1, -0.05) is 68.3 Å². The number of fused-ring (bicyclic) bond motifs is 1. The number of carbonyl (C=O) groups excluding carboxylic acids is 9. The lowest BCUT2D eigenvalue weighted by Gasteiger charge is -2.39. The quantitative estimate of drug-likeness (QED) is 0.0387. The maximum atomic E-state index is 15.5. The number of H-pyrrole nitrogens is 2. The second kappa shape index (κ2) is 29.3. The Balaban J connectivity index is 1.65. The van der Waals surface area contributed by atoms with E-state index in [2.05, 4.69) is 41.2 Å². The molecule has 24 nitrogen and oxygen atoms in total. The van der Waals surface area contributed by atoms with Crippen molar-refractivity contribution in [3.05, 3.63) is 90.1 Å². The number of nitrogens with zero attached hydrogens (tertiary/aromatic N) is 6. The molecule has 9 amide bonds. The van der Waals surface area contributed by atoms with Gasteiger partial charge in [-0.25, -0.2) is 4.98 Å². The number of carbonyl (C=O) groups is 9. The van der Waals surface area contributed by atoms with E-state index in [1.807, 2.05) is 31.2 Å². The average molecular weight is 1080 g/mol. The third kappa shape index (κ3) is 16.8. The lowest BCUT2D eigenvalue weighted by molar-refractivity contribution is -0.154. The van der Waals surface area contributed by atoms with E-state index >= 15 is 19.2 Å². The van der Waals surface area contributed by atoms with Gasteiger partial charge in [-0.2, -0.15) is 0 Å². The molecule has 2 aromatic heterocycles. The summed E-state index contributed by atoms with van der Waals surface area (Å²) in [6, 6.07) is 7.22. The van der Waals surface area contributed by atoms with Crippen molar-refractivity contribution in [3.8, 4) is 0 Å². The van der Waals surface area contributed by atoms with Crippen LogP contribution in [0.2, 0.25) is 0 Å². The summed E-state index contributed by atoms with van der Waals surface area (Å²) in [5.41, 5.74) is 19.9. The number of benzene rings is 2. The van der Waals surface area contributed by atoms with Gasteiger partial charge >= 0.3 is 0 Å². The molecule has 1 aliphatic heterocycles. The van der Waals surface area contributed by atoms with Crippen LogP contribution in [0.1, 0.15) is 88.5 Å². The predicted molar refractivity (Wildman–Crippen MR) is 292 cm³/mol. The number of aliphatic imine (C=N–C) groups is 1. The minimum atomic E-state index is -1.58. The number of rotatable bonds is 17. The molecule has 0 aliphatic carbocycles. The zero-order valence-electron chi connectivity index (χ0n) is 45.5. The third-order valence-electron chi connectivity index (χ3n) is 14.1. The molecule has 1 saturated heterocycles. The molecule has 0 spiro atoms. The lowest BCUT2D eigenvalue weighted by Crippen LogP contribution is -2.61. The molecule has 2 aromatic carbocycles. The predicted octanol–water partition coefficient (Wildman–Crippen LogP) is 0.120. The zero-order chi connectivity index (χ0) is 57.1. The summed E-state index contributed by atoms with van der Waals surface area (Å²) >= 11 is 0. The summed E-state index contributed by atoms with van der Waals surface area (Å²) in [5.74, 6) is -6.48. The number of guanidine groups is 1. The Morgan fingerprint density at radius 2 is 1.44 bits per heavy atom. The standard InChI is InChI=1S/C54H77N15O9/c1-7-8-20-39(63-33(2)70)48(73)64-40-29-46(71)59-24-15-14-22-42(47(55)72)66(3)53(78)45(27-35-30-61-38-21-13-12-19-37(35)38)69(6)51(76)43(23-16-25-60-54(56)57)67(4)52(77)44(26-34-17-10-9-11-18-34)68(5)50(75)41(65-49(40)74)28-36-31-58-32-62-36/h9-13,17-19,21,30-32,39-45,61H,7-8,14-16,20,22-29H2,1-6H3,(H2,55,72)(H,58,62)(H,59,71)(H,63,70)(H,64,73)(H,65,74)(H4,56,57,60)/t39-,40-,41-,42-,43-,44+,45-/m0/s1. The molecule has 0 saturated carbocycles. The number of nitrogens with one attached hydrogen (secondary N) is 6. The van der Waals surface area contributed by atoms with Gasteiger partial charge < -0.3 is 68.0 Å². The first kappa shape index (κ1) is 60.6. The number of hydrogen-bond donors (Lipinski definition) is 9. The van der Waals surface area contributed by atoms with Gasteiger partial charge in [0.15, 0.2) is 5.96 Å². The minimum absolute atomic E-state index is 0.00866. The fourth-order valence-electron chi connectivity index (χ4n) is 9.63. The van der Waals surface area contributed by atoms with Crippen molar-refractivity contribution in [2.45, 2.75) is 133 Å². The Kier molecular flexibility index (Phi) is 22.7.